The summed E-state index contributed by atoms with van der Waals surface area (Å²) in [6.45, 7) is 4.39. The van der Waals surface area contributed by atoms with Crippen LogP contribution >= 0.6 is 0 Å². The van der Waals surface area contributed by atoms with E-state index in [0.29, 0.717) is 6.61 Å². The van der Waals surface area contributed by atoms with E-state index in [-0.39, 0.29) is 0 Å². The van der Waals surface area contributed by atoms with Crippen LogP contribution in [0.1, 0.15) is 19.3 Å². The molecule has 2 aliphatic rings. The van der Waals surface area contributed by atoms with E-state index in [1.54, 1.807) is 0 Å². The summed E-state index contributed by atoms with van der Waals surface area (Å²) in [5.41, 5.74) is 1.45. The van der Waals surface area contributed by atoms with Crippen LogP contribution in [-0.2, 0) is 0 Å². The van der Waals surface area contributed by atoms with Gasteiger partial charge in [-0.15, -0.1) is 0 Å². The number of fused-ring (bicyclic) bond motifs is 1. The second-order valence-electron chi connectivity index (χ2n) is 3.64. The van der Waals surface area contributed by atoms with Gasteiger partial charge in [0.15, 0.2) is 0 Å². The molecule has 0 aromatic heterocycles. The maximum Gasteiger partial charge on any atom is 0.0433 e. The first-order chi connectivity index (χ1) is 4.83. The first-order valence-electron chi connectivity index (χ1n) is 4.11. The lowest BCUT2D eigenvalue weighted by Crippen LogP contribution is -2.01. The van der Waals surface area contributed by atoms with E-state index in [9.17, 15) is 0 Å². The highest BCUT2D eigenvalue weighted by molar-refractivity contribution is 5.20. The number of hydrogen-bond donors (Lipinski definition) is 1. The van der Waals surface area contributed by atoms with Crippen molar-refractivity contribution in [1.82, 2.24) is 0 Å². The fourth-order valence-electron chi connectivity index (χ4n) is 2.33. The van der Waals surface area contributed by atoms with Gasteiger partial charge in [0.2, 0.25) is 0 Å². The second-order valence-corrected chi connectivity index (χ2v) is 3.64. The van der Waals surface area contributed by atoms with Crippen LogP contribution in [0.3, 0.4) is 0 Å². The summed E-state index contributed by atoms with van der Waals surface area (Å²) in [6.07, 6.45) is 3.56. The summed E-state index contributed by atoms with van der Waals surface area (Å²) in [5.74, 6) is 2.55. The maximum atomic E-state index is 8.72. The zero-order valence-corrected chi connectivity index (χ0v) is 6.21. The minimum absolute atomic E-state index is 0.362. The molecule has 3 atom stereocenters. The number of allylic oxidation sites excluding steroid dienone is 1. The van der Waals surface area contributed by atoms with Crippen molar-refractivity contribution in [3.63, 3.8) is 0 Å². The highest BCUT2D eigenvalue weighted by atomic mass is 16.3. The first-order valence-corrected chi connectivity index (χ1v) is 4.11. The van der Waals surface area contributed by atoms with Gasteiger partial charge in [-0.05, 0) is 37.0 Å². The van der Waals surface area contributed by atoms with E-state index in [2.05, 4.69) is 6.58 Å². The average Bonchev–Trinajstić information content (AvgIpc) is 2.59. The van der Waals surface area contributed by atoms with Gasteiger partial charge in [0, 0.05) is 6.61 Å². The van der Waals surface area contributed by atoms with Crippen LogP contribution < -0.4 is 0 Å². The van der Waals surface area contributed by atoms with E-state index in [1.165, 1.54) is 18.4 Å². The summed E-state index contributed by atoms with van der Waals surface area (Å²) >= 11 is 0. The van der Waals surface area contributed by atoms with E-state index >= 15 is 0 Å². The van der Waals surface area contributed by atoms with E-state index in [4.69, 9.17) is 5.11 Å². The fraction of sp³-hybridized carbons (Fsp3) is 0.778. The zero-order valence-electron chi connectivity index (χ0n) is 6.21. The van der Waals surface area contributed by atoms with Crippen molar-refractivity contribution in [3.05, 3.63) is 12.2 Å². The molecule has 0 spiro atoms. The molecule has 0 heterocycles. The molecule has 56 valence electrons. The van der Waals surface area contributed by atoms with Crippen LogP contribution in [0.25, 0.3) is 0 Å². The maximum absolute atomic E-state index is 8.72. The van der Waals surface area contributed by atoms with Crippen LogP contribution in [0.5, 0.6) is 0 Å². The molecule has 10 heavy (non-hydrogen) atoms. The Labute approximate surface area is 61.8 Å². The highest BCUT2D eigenvalue weighted by Gasteiger charge is 2.49. The number of aliphatic hydroxyl groups is 1. The summed E-state index contributed by atoms with van der Waals surface area (Å²) < 4.78 is 0. The summed E-state index contributed by atoms with van der Waals surface area (Å²) in [5, 5.41) is 8.72. The average molecular weight is 138 g/mol. The van der Waals surface area contributed by atoms with Gasteiger partial charge in [0.1, 0.15) is 0 Å². The molecule has 3 unspecified atom stereocenters. The zero-order chi connectivity index (χ0) is 7.14. The molecule has 0 bridgehead atoms. The van der Waals surface area contributed by atoms with E-state index in [0.717, 1.165) is 24.2 Å². The Bertz CT molecular complexity index is 162. The van der Waals surface area contributed by atoms with Crippen molar-refractivity contribution >= 4 is 0 Å². The van der Waals surface area contributed by atoms with Gasteiger partial charge in [-0.3, -0.25) is 0 Å². The van der Waals surface area contributed by atoms with Gasteiger partial charge >= 0.3 is 0 Å². The second kappa shape index (κ2) is 2.09. The van der Waals surface area contributed by atoms with Crippen LogP contribution in [-0.4, -0.2) is 11.7 Å². The third-order valence-electron chi connectivity index (χ3n) is 2.99. The quantitative estimate of drug-likeness (QED) is 0.574. The lowest BCUT2D eigenvalue weighted by molar-refractivity contribution is 0.251. The number of aliphatic hydroxyl groups excluding tert-OH is 1. The molecule has 0 aromatic rings. The topological polar surface area (TPSA) is 20.2 Å². The highest BCUT2D eigenvalue weighted by Crippen LogP contribution is 2.58. The monoisotopic (exact) mass is 138 g/mol. The minimum Gasteiger partial charge on any atom is -0.396 e. The van der Waals surface area contributed by atoms with E-state index < -0.39 is 0 Å². The smallest absolute Gasteiger partial charge is 0.0433 e. The lowest BCUT2D eigenvalue weighted by atomic mass is 9.99. The molecular weight excluding hydrogens is 124 g/mol. The Hall–Kier alpha value is -0.300. The van der Waals surface area contributed by atoms with Crippen LogP contribution in [0.2, 0.25) is 0 Å². The van der Waals surface area contributed by atoms with Gasteiger partial charge in [-0.2, -0.15) is 0 Å². The van der Waals surface area contributed by atoms with Crippen molar-refractivity contribution in [2.75, 3.05) is 6.61 Å². The third kappa shape index (κ3) is 0.807. The predicted octanol–water partition coefficient (Wildman–Crippen LogP) is 1.58. The van der Waals surface area contributed by atoms with Crippen LogP contribution in [0.15, 0.2) is 12.2 Å². The molecule has 0 aliphatic heterocycles. The summed E-state index contributed by atoms with van der Waals surface area (Å²) in [7, 11) is 0. The van der Waals surface area contributed by atoms with Crippen LogP contribution in [0.4, 0.5) is 0 Å². The van der Waals surface area contributed by atoms with Crippen molar-refractivity contribution in [2.24, 2.45) is 17.8 Å². The Morgan fingerprint density at radius 2 is 2.40 bits per heavy atom. The molecule has 1 heteroatoms. The molecule has 0 aromatic carbocycles. The molecule has 2 rings (SSSR count). The molecule has 1 N–H and O–H groups in total. The van der Waals surface area contributed by atoms with Crippen molar-refractivity contribution < 1.29 is 5.11 Å². The van der Waals surface area contributed by atoms with Gasteiger partial charge in [-0.1, -0.05) is 12.2 Å². The first kappa shape index (κ1) is 6.41. The Morgan fingerprint density at radius 3 is 2.80 bits per heavy atom. The molecule has 0 saturated heterocycles. The molecule has 1 nitrogen and oxygen atoms in total. The fourth-order valence-corrected chi connectivity index (χ4v) is 2.33. The Morgan fingerprint density at radius 1 is 1.60 bits per heavy atom. The van der Waals surface area contributed by atoms with Crippen molar-refractivity contribution in [3.8, 4) is 0 Å². The minimum atomic E-state index is 0.362. The van der Waals surface area contributed by atoms with Crippen LogP contribution in [0, 0.1) is 17.8 Å². The standard InChI is InChI=1S/C9H14O/c1-6-4-7(2-3-10)9-5-8(6)9/h7-10H,1-5H2. The SMILES string of the molecule is C=C1CC(CCO)C2CC12. The predicted molar refractivity (Wildman–Crippen MR) is 40.5 cm³/mol. The van der Waals surface area contributed by atoms with Gasteiger partial charge < -0.3 is 5.11 Å². The molecule has 2 fully saturated rings. The molecular formula is C9H14O. The molecule has 0 amide bonds. The Balaban J connectivity index is 1.95. The number of hydrogen-bond acceptors (Lipinski definition) is 1. The van der Waals surface area contributed by atoms with Gasteiger partial charge in [0.05, 0.1) is 0 Å². The molecule has 0 radical (unpaired) electrons. The van der Waals surface area contributed by atoms with Gasteiger partial charge in [0.25, 0.3) is 0 Å². The van der Waals surface area contributed by atoms with Crippen molar-refractivity contribution in [1.29, 1.82) is 0 Å². The largest absolute Gasteiger partial charge is 0.396 e. The normalized spacial score (nSPS) is 43.7. The summed E-state index contributed by atoms with van der Waals surface area (Å²) in [6, 6.07) is 0. The van der Waals surface area contributed by atoms with E-state index in [1.807, 2.05) is 0 Å². The third-order valence-corrected chi connectivity index (χ3v) is 2.99. The van der Waals surface area contributed by atoms with Gasteiger partial charge in [-0.25, -0.2) is 0 Å². The molecule has 2 aliphatic carbocycles. The Kier molecular flexibility index (Phi) is 1.34. The van der Waals surface area contributed by atoms with Crippen molar-refractivity contribution in [2.45, 2.75) is 19.3 Å². The number of rotatable bonds is 2. The summed E-state index contributed by atoms with van der Waals surface area (Å²) in [4.78, 5) is 0. The lowest BCUT2D eigenvalue weighted by Gasteiger charge is -2.08. The molecule has 2 saturated carbocycles.